The van der Waals surface area contributed by atoms with Crippen LogP contribution in [0, 0.1) is 0 Å². The minimum Gasteiger partial charge on any atom is -0.494 e. The Kier molecular flexibility index (Phi) is 6.15. The van der Waals surface area contributed by atoms with E-state index in [1.165, 1.54) is 0 Å². The van der Waals surface area contributed by atoms with Crippen LogP contribution in [0.4, 0.5) is 10.5 Å². The van der Waals surface area contributed by atoms with Gasteiger partial charge in [-0.15, -0.1) is 0 Å². The third kappa shape index (κ3) is 4.44. The molecular weight excluding hydrogens is 316 g/mol. The Balaban J connectivity index is 1.60. The molecule has 2 heterocycles. The normalized spacial score (nSPS) is 19.6. The van der Waals surface area contributed by atoms with Gasteiger partial charge < -0.3 is 25.6 Å². The smallest absolute Gasteiger partial charge is 0.322 e. The van der Waals surface area contributed by atoms with E-state index in [0.717, 1.165) is 76.5 Å². The number of benzene rings is 1. The van der Waals surface area contributed by atoms with Crippen molar-refractivity contribution in [1.82, 2.24) is 15.5 Å². The number of anilines is 1. The number of unbranched alkanes of at least 4 members (excludes halogenated alkanes) is 1. The maximum absolute atomic E-state index is 12.9. The number of urea groups is 1. The molecule has 138 valence electrons. The van der Waals surface area contributed by atoms with Gasteiger partial charge in [-0.1, -0.05) is 13.3 Å². The van der Waals surface area contributed by atoms with E-state index in [0.29, 0.717) is 0 Å². The van der Waals surface area contributed by atoms with Gasteiger partial charge in [0.2, 0.25) is 0 Å². The number of hydrogen-bond acceptors (Lipinski definition) is 4. The zero-order valence-electron chi connectivity index (χ0n) is 15.1. The fourth-order valence-corrected chi connectivity index (χ4v) is 3.66. The maximum Gasteiger partial charge on any atom is 0.322 e. The molecule has 2 aliphatic heterocycles. The van der Waals surface area contributed by atoms with Gasteiger partial charge in [0.25, 0.3) is 0 Å². The number of carbonyl (C=O) groups is 1. The van der Waals surface area contributed by atoms with Crippen molar-refractivity contribution in [3.8, 4) is 5.75 Å². The molecule has 1 spiro atoms. The molecule has 25 heavy (non-hydrogen) atoms. The lowest BCUT2D eigenvalue weighted by molar-refractivity contribution is 0.0690. The van der Waals surface area contributed by atoms with E-state index >= 15 is 0 Å². The first-order valence-corrected chi connectivity index (χ1v) is 9.46. The number of piperazine rings is 1. The highest BCUT2D eigenvalue weighted by Crippen LogP contribution is 2.28. The first kappa shape index (κ1) is 18.0. The lowest BCUT2D eigenvalue weighted by Gasteiger charge is -2.49. The van der Waals surface area contributed by atoms with Crippen molar-refractivity contribution in [2.75, 3.05) is 44.6 Å². The summed E-state index contributed by atoms with van der Waals surface area (Å²) in [5.41, 5.74) is 0.756. The van der Waals surface area contributed by atoms with Gasteiger partial charge in [-0.25, -0.2) is 4.79 Å². The van der Waals surface area contributed by atoms with Crippen LogP contribution in [0.5, 0.6) is 5.75 Å². The first-order chi connectivity index (χ1) is 12.2. The van der Waals surface area contributed by atoms with Crippen molar-refractivity contribution in [1.29, 1.82) is 0 Å². The molecular formula is C19H30N4O2. The molecule has 6 heteroatoms. The zero-order chi connectivity index (χ0) is 17.5. The Morgan fingerprint density at radius 1 is 1.20 bits per heavy atom. The van der Waals surface area contributed by atoms with Crippen LogP contribution in [-0.2, 0) is 0 Å². The van der Waals surface area contributed by atoms with E-state index < -0.39 is 0 Å². The topological polar surface area (TPSA) is 65.6 Å². The zero-order valence-corrected chi connectivity index (χ0v) is 15.1. The average Bonchev–Trinajstić information content (AvgIpc) is 2.64. The van der Waals surface area contributed by atoms with Crippen molar-refractivity contribution in [2.45, 2.75) is 38.1 Å². The van der Waals surface area contributed by atoms with E-state index in [4.69, 9.17) is 4.74 Å². The molecule has 3 rings (SSSR count). The minimum atomic E-state index is -0.0587. The van der Waals surface area contributed by atoms with Crippen LogP contribution < -0.4 is 20.7 Å². The van der Waals surface area contributed by atoms with Crippen molar-refractivity contribution < 1.29 is 9.53 Å². The largest absolute Gasteiger partial charge is 0.494 e. The molecule has 0 radical (unpaired) electrons. The first-order valence-electron chi connectivity index (χ1n) is 9.46. The van der Waals surface area contributed by atoms with Crippen LogP contribution >= 0.6 is 0 Å². The summed E-state index contributed by atoms with van der Waals surface area (Å²) in [5.74, 6) is 0.850. The van der Waals surface area contributed by atoms with Crippen LogP contribution in [0.25, 0.3) is 0 Å². The summed E-state index contributed by atoms with van der Waals surface area (Å²) in [4.78, 5) is 14.9. The Labute approximate surface area is 150 Å². The Morgan fingerprint density at radius 3 is 2.68 bits per heavy atom. The van der Waals surface area contributed by atoms with Crippen molar-refractivity contribution >= 4 is 11.7 Å². The summed E-state index contributed by atoms with van der Waals surface area (Å²) in [6.45, 7) is 7.31. The molecule has 6 nitrogen and oxygen atoms in total. The quantitative estimate of drug-likeness (QED) is 0.717. The van der Waals surface area contributed by atoms with Gasteiger partial charge >= 0.3 is 6.03 Å². The predicted molar refractivity (Wildman–Crippen MR) is 100 cm³/mol. The maximum atomic E-state index is 12.9. The number of ether oxygens (including phenoxy) is 1. The lowest BCUT2D eigenvalue weighted by atomic mass is 9.85. The van der Waals surface area contributed by atoms with Crippen LogP contribution in [0.3, 0.4) is 0 Å². The molecule has 1 aromatic carbocycles. The van der Waals surface area contributed by atoms with E-state index in [9.17, 15) is 4.79 Å². The molecule has 2 aliphatic rings. The van der Waals surface area contributed by atoms with Gasteiger partial charge in [0.1, 0.15) is 5.75 Å². The summed E-state index contributed by atoms with van der Waals surface area (Å²) in [7, 11) is 0. The van der Waals surface area contributed by atoms with Crippen molar-refractivity contribution in [3.63, 3.8) is 0 Å². The third-order valence-electron chi connectivity index (χ3n) is 5.19. The Hall–Kier alpha value is -1.79. The highest BCUT2D eigenvalue weighted by atomic mass is 16.5. The van der Waals surface area contributed by atoms with Gasteiger partial charge in [-0.2, -0.15) is 0 Å². The van der Waals surface area contributed by atoms with E-state index in [2.05, 4.69) is 22.9 Å². The van der Waals surface area contributed by atoms with Crippen molar-refractivity contribution in [2.24, 2.45) is 0 Å². The molecule has 0 unspecified atom stereocenters. The molecule has 0 saturated carbocycles. The number of hydrogen-bond donors (Lipinski definition) is 3. The fourth-order valence-electron chi connectivity index (χ4n) is 3.66. The number of rotatable bonds is 5. The highest BCUT2D eigenvalue weighted by Gasteiger charge is 2.42. The van der Waals surface area contributed by atoms with E-state index in [1.54, 1.807) is 0 Å². The fraction of sp³-hybridized carbons (Fsp3) is 0.632. The summed E-state index contributed by atoms with van der Waals surface area (Å²) in [5, 5.41) is 9.91. The molecule has 2 fully saturated rings. The van der Waals surface area contributed by atoms with Gasteiger partial charge in [0.15, 0.2) is 0 Å². The van der Waals surface area contributed by atoms with E-state index in [1.807, 2.05) is 29.2 Å². The number of nitrogens with one attached hydrogen (secondary N) is 3. The predicted octanol–water partition coefficient (Wildman–Crippen LogP) is 2.42. The molecule has 2 amide bonds. The van der Waals surface area contributed by atoms with E-state index in [-0.39, 0.29) is 11.6 Å². The van der Waals surface area contributed by atoms with Crippen molar-refractivity contribution in [3.05, 3.63) is 24.3 Å². The molecule has 0 bridgehead atoms. The van der Waals surface area contributed by atoms with Gasteiger partial charge in [0, 0.05) is 25.3 Å². The average molecular weight is 346 g/mol. The summed E-state index contributed by atoms with van der Waals surface area (Å²) < 4.78 is 5.67. The molecule has 0 aliphatic carbocycles. The molecule has 0 atom stereocenters. The molecule has 0 aromatic heterocycles. The summed E-state index contributed by atoms with van der Waals surface area (Å²) in [6.07, 6.45) is 4.17. The highest BCUT2D eigenvalue weighted by molar-refractivity contribution is 5.90. The summed E-state index contributed by atoms with van der Waals surface area (Å²) in [6, 6.07) is 7.67. The molecule has 3 N–H and O–H groups in total. The SMILES string of the molecule is CCCCOc1ccc(NC(=O)N2CCNCC23CCNCC3)cc1. The second-order valence-corrected chi connectivity index (χ2v) is 6.96. The Bertz CT molecular complexity index is 547. The van der Waals surface area contributed by atoms with Crippen LogP contribution in [-0.4, -0.2) is 55.8 Å². The van der Waals surface area contributed by atoms with Crippen LogP contribution in [0.1, 0.15) is 32.6 Å². The van der Waals surface area contributed by atoms with Crippen LogP contribution in [0.2, 0.25) is 0 Å². The second-order valence-electron chi connectivity index (χ2n) is 6.96. The number of piperidine rings is 1. The number of amides is 2. The van der Waals surface area contributed by atoms with Gasteiger partial charge in [-0.3, -0.25) is 0 Å². The minimum absolute atomic E-state index is 0.00283. The Morgan fingerprint density at radius 2 is 1.96 bits per heavy atom. The second kappa shape index (κ2) is 8.54. The summed E-state index contributed by atoms with van der Waals surface area (Å²) >= 11 is 0. The standard InChI is InChI=1S/C19H30N4O2/c1-2-3-14-25-17-6-4-16(5-7-17)22-18(24)23-13-12-21-15-19(23)8-10-20-11-9-19/h4-7,20-21H,2-3,8-15H2,1H3,(H,22,24). The van der Waals surface area contributed by atoms with Gasteiger partial charge in [-0.05, 0) is 56.6 Å². The number of carbonyl (C=O) groups excluding carboxylic acids is 1. The number of nitrogens with zero attached hydrogens (tertiary/aromatic N) is 1. The monoisotopic (exact) mass is 346 g/mol. The third-order valence-corrected chi connectivity index (χ3v) is 5.19. The lowest BCUT2D eigenvalue weighted by Crippen LogP contribution is -2.66. The van der Waals surface area contributed by atoms with Crippen LogP contribution in [0.15, 0.2) is 24.3 Å². The molecule has 1 aromatic rings. The molecule has 2 saturated heterocycles. The van der Waals surface area contributed by atoms with Gasteiger partial charge in [0.05, 0.1) is 12.1 Å².